The second-order valence-corrected chi connectivity index (χ2v) is 7.36. The lowest BCUT2D eigenvalue weighted by molar-refractivity contribution is -0.161. The molecule has 1 fully saturated rings. The molecular weight excluding hydrogens is 356 g/mol. The van der Waals surface area contributed by atoms with Gasteiger partial charge in [-0.3, -0.25) is 9.59 Å². The van der Waals surface area contributed by atoms with Crippen LogP contribution in [0.4, 0.5) is 5.69 Å². The van der Waals surface area contributed by atoms with E-state index in [1.807, 2.05) is 44.2 Å². The number of hydrogen-bond donors (Lipinski definition) is 2. The van der Waals surface area contributed by atoms with Crippen LogP contribution in [0.15, 0.2) is 54.6 Å². The Hall–Kier alpha value is -2.70. The molecule has 1 saturated heterocycles. The molecule has 6 nitrogen and oxygen atoms in total. The van der Waals surface area contributed by atoms with Crippen molar-refractivity contribution in [3.05, 3.63) is 65.7 Å². The summed E-state index contributed by atoms with van der Waals surface area (Å²) in [6.45, 7) is 4.48. The summed E-state index contributed by atoms with van der Waals surface area (Å²) in [7, 11) is 0. The van der Waals surface area contributed by atoms with Crippen LogP contribution < -0.4 is 5.32 Å². The number of anilines is 1. The van der Waals surface area contributed by atoms with Crippen molar-refractivity contribution in [2.24, 2.45) is 5.92 Å². The Bertz CT molecular complexity index is 805. The number of hydrogen-bond acceptors (Lipinski definition) is 4. The van der Waals surface area contributed by atoms with Crippen molar-refractivity contribution < 1.29 is 19.4 Å². The topological polar surface area (TPSA) is 78.9 Å². The fourth-order valence-corrected chi connectivity index (χ4v) is 3.40. The molecule has 148 valence electrons. The summed E-state index contributed by atoms with van der Waals surface area (Å²) in [6, 6.07) is 15.9. The molecule has 0 spiro atoms. The first-order valence-electron chi connectivity index (χ1n) is 9.48. The van der Waals surface area contributed by atoms with E-state index in [4.69, 9.17) is 4.74 Å². The van der Waals surface area contributed by atoms with Gasteiger partial charge in [0.05, 0.1) is 12.6 Å². The smallest absolute Gasteiger partial charge is 0.255 e. The van der Waals surface area contributed by atoms with Crippen molar-refractivity contribution in [3.63, 3.8) is 0 Å². The number of rotatable bonds is 6. The number of benzene rings is 2. The van der Waals surface area contributed by atoms with Gasteiger partial charge in [-0.2, -0.15) is 0 Å². The van der Waals surface area contributed by atoms with Gasteiger partial charge in [0.2, 0.25) is 5.91 Å². The number of nitrogens with one attached hydrogen (secondary N) is 1. The van der Waals surface area contributed by atoms with Crippen molar-refractivity contribution >= 4 is 17.5 Å². The van der Waals surface area contributed by atoms with E-state index < -0.39 is 12.1 Å². The molecule has 0 aliphatic carbocycles. The van der Waals surface area contributed by atoms with Gasteiger partial charge in [-0.25, -0.2) is 0 Å². The van der Waals surface area contributed by atoms with Crippen molar-refractivity contribution in [2.75, 3.05) is 25.1 Å². The van der Waals surface area contributed by atoms with Gasteiger partial charge in [0.15, 0.2) is 0 Å². The number of carbonyl (C=O) groups excluding carboxylic acids is 2. The normalized spacial score (nSPS) is 19.7. The first kappa shape index (κ1) is 20.0. The number of nitrogens with zero attached hydrogens (tertiary/aromatic N) is 1. The molecule has 2 N–H and O–H groups in total. The predicted molar refractivity (Wildman–Crippen MR) is 107 cm³/mol. The molecule has 2 amide bonds. The summed E-state index contributed by atoms with van der Waals surface area (Å²) < 4.78 is 5.74. The number of aliphatic hydroxyl groups excluding tert-OH is 1. The fourth-order valence-electron chi connectivity index (χ4n) is 3.40. The molecule has 0 aromatic heterocycles. The summed E-state index contributed by atoms with van der Waals surface area (Å²) in [5.41, 5.74) is 2.12. The predicted octanol–water partition coefficient (Wildman–Crippen LogP) is 2.86. The van der Waals surface area contributed by atoms with E-state index in [1.54, 1.807) is 29.2 Å². The summed E-state index contributed by atoms with van der Waals surface area (Å²) in [5, 5.41) is 12.8. The van der Waals surface area contributed by atoms with E-state index in [0.29, 0.717) is 23.7 Å². The van der Waals surface area contributed by atoms with E-state index >= 15 is 0 Å². The minimum Gasteiger partial charge on any atom is -0.394 e. The van der Waals surface area contributed by atoms with Crippen LogP contribution in [0.1, 0.15) is 35.9 Å². The zero-order chi connectivity index (χ0) is 20.1. The third-order valence-corrected chi connectivity index (χ3v) is 4.74. The van der Waals surface area contributed by atoms with Gasteiger partial charge in [0.1, 0.15) is 12.7 Å². The van der Waals surface area contributed by atoms with Gasteiger partial charge in [-0.15, -0.1) is 0 Å². The van der Waals surface area contributed by atoms with Crippen molar-refractivity contribution in [2.45, 2.75) is 26.0 Å². The van der Waals surface area contributed by atoms with Crippen molar-refractivity contribution in [1.29, 1.82) is 0 Å². The van der Waals surface area contributed by atoms with Gasteiger partial charge in [0, 0.05) is 17.8 Å². The van der Waals surface area contributed by atoms with Crippen LogP contribution >= 0.6 is 0 Å². The monoisotopic (exact) mass is 382 g/mol. The van der Waals surface area contributed by atoms with Gasteiger partial charge >= 0.3 is 0 Å². The number of ether oxygens (including phenoxy) is 1. The molecule has 1 aliphatic rings. The zero-order valence-electron chi connectivity index (χ0n) is 16.2. The van der Waals surface area contributed by atoms with Crippen molar-refractivity contribution in [1.82, 2.24) is 4.90 Å². The molecule has 28 heavy (non-hydrogen) atoms. The molecule has 0 saturated carbocycles. The van der Waals surface area contributed by atoms with E-state index in [-0.39, 0.29) is 25.0 Å². The number of morpholine rings is 1. The van der Waals surface area contributed by atoms with Crippen LogP contribution in [0.2, 0.25) is 0 Å². The Balaban J connectivity index is 1.73. The quantitative estimate of drug-likeness (QED) is 0.805. The SMILES string of the molecule is CC(C)CN1C(=O)CO[C@H](c2ccc(NC(=O)c3ccccc3)cc2)[C@H]1CO. The Labute approximate surface area is 165 Å². The Morgan fingerprint density at radius 1 is 1.18 bits per heavy atom. The number of aliphatic hydroxyl groups is 1. The van der Waals surface area contributed by atoms with Gasteiger partial charge in [-0.1, -0.05) is 44.2 Å². The molecule has 6 heteroatoms. The van der Waals surface area contributed by atoms with Crippen LogP contribution in [0.3, 0.4) is 0 Å². The maximum atomic E-state index is 12.3. The maximum Gasteiger partial charge on any atom is 0.255 e. The molecule has 2 aromatic rings. The molecule has 2 aromatic carbocycles. The van der Waals surface area contributed by atoms with Crippen LogP contribution in [-0.2, 0) is 9.53 Å². The van der Waals surface area contributed by atoms with Crippen LogP contribution in [-0.4, -0.2) is 47.6 Å². The van der Waals surface area contributed by atoms with Crippen molar-refractivity contribution in [3.8, 4) is 0 Å². The molecule has 1 aliphatic heterocycles. The molecular formula is C22H26N2O4. The minimum absolute atomic E-state index is 0.000378. The highest BCUT2D eigenvalue weighted by Crippen LogP contribution is 2.30. The first-order valence-corrected chi connectivity index (χ1v) is 9.48. The molecule has 3 rings (SSSR count). The molecule has 0 bridgehead atoms. The highest BCUT2D eigenvalue weighted by Gasteiger charge is 2.37. The van der Waals surface area contributed by atoms with E-state index in [0.717, 1.165) is 5.56 Å². The highest BCUT2D eigenvalue weighted by atomic mass is 16.5. The summed E-state index contributed by atoms with van der Waals surface area (Å²) in [4.78, 5) is 26.2. The molecule has 1 heterocycles. The van der Waals surface area contributed by atoms with Crippen LogP contribution in [0.5, 0.6) is 0 Å². The zero-order valence-corrected chi connectivity index (χ0v) is 16.2. The first-order chi connectivity index (χ1) is 13.5. The van der Waals surface area contributed by atoms with Crippen LogP contribution in [0.25, 0.3) is 0 Å². The lowest BCUT2D eigenvalue weighted by Gasteiger charge is -2.41. The number of carbonyl (C=O) groups is 2. The van der Waals surface area contributed by atoms with E-state index in [9.17, 15) is 14.7 Å². The van der Waals surface area contributed by atoms with E-state index in [2.05, 4.69) is 5.32 Å². The van der Waals surface area contributed by atoms with Gasteiger partial charge in [-0.05, 0) is 35.7 Å². The summed E-state index contributed by atoms with van der Waals surface area (Å²) >= 11 is 0. The van der Waals surface area contributed by atoms with E-state index in [1.165, 1.54) is 0 Å². The lowest BCUT2D eigenvalue weighted by Crippen LogP contribution is -2.53. The summed E-state index contributed by atoms with van der Waals surface area (Å²) in [6.07, 6.45) is -0.402. The third kappa shape index (κ3) is 4.58. The number of amides is 2. The molecule has 0 radical (unpaired) electrons. The second-order valence-electron chi connectivity index (χ2n) is 7.36. The highest BCUT2D eigenvalue weighted by molar-refractivity contribution is 6.04. The van der Waals surface area contributed by atoms with Gasteiger partial charge in [0.25, 0.3) is 5.91 Å². The average Bonchev–Trinajstić information content (AvgIpc) is 2.70. The summed E-state index contributed by atoms with van der Waals surface area (Å²) in [5.74, 6) is 0.0206. The molecule has 2 atom stereocenters. The average molecular weight is 382 g/mol. The third-order valence-electron chi connectivity index (χ3n) is 4.74. The standard InChI is InChI=1S/C22H26N2O4/c1-15(2)12-24-19(13-25)21(28-14-20(24)26)16-8-10-18(11-9-16)23-22(27)17-6-4-3-5-7-17/h3-11,15,19,21,25H,12-14H2,1-2H3,(H,23,27)/t19-,21-/m1/s1. The Morgan fingerprint density at radius 2 is 1.86 bits per heavy atom. The lowest BCUT2D eigenvalue weighted by atomic mass is 9.98. The Kier molecular flexibility index (Phi) is 6.44. The maximum absolute atomic E-state index is 12.3. The molecule has 0 unspecified atom stereocenters. The second kappa shape index (κ2) is 8.99. The van der Waals surface area contributed by atoms with Gasteiger partial charge < -0.3 is 20.1 Å². The largest absolute Gasteiger partial charge is 0.394 e. The minimum atomic E-state index is -0.423. The fraction of sp³-hybridized carbons (Fsp3) is 0.364. The van der Waals surface area contributed by atoms with Crippen LogP contribution in [0, 0.1) is 5.92 Å². The Morgan fingerprint density at radius 3 is 2.46 bits per heavy atom.